The summed E-state index contributed by atoms with van der Waals surface area (Å²) in [5, 5.41) is 9.49. The fraction of sp³-hybridized carbons (Fsp3) is 0.500. The molecule has 0 saturated heterocycles. The Balaban J connectivity index is 1.68. The summed E-state index contributed by atoms with van der Waals surface area (Å²) < 4.78 is 4.99. The van der Waals surface area contributed by atoms with Crippen LogP contribution < -0.4 is 10.6 Å². The smallest absolute Gasteiger partial charge is 0.322 e. The molecular formula is C22H30N4O3. The standard InChI is InChI=1S/C22H30N4O3/c1-3-18-11-7-8-12-19(18)23-22(28)26(14-17-9-5-4-6-10-17)15-21(27)24-20-13-16(2)29-25-20/h7-8,11-13,17H,3-6,9-10,14-15H2,1-2H3,(H,23,28)(H,24,25,27). The average molecular weight is 399 g/mol. The number of amides is 3. The highest BCUT2D eigenvalue weighted by molar-refractivity contribution is 5.96. The Morgan fingerprint density at radius 1 is 1.17 bits per heavy atom. The Labute approximate surface area is 171 Å². The molecule has 0 bridgehead atoms. The average Bonchev–Trinajstić information content (AvgIpc) is 3.13. The maximum absolute atomic E-state index is 13.0. The third-order valence-corrected chi connectivity index (χ3v) is 5.36. The van der Waals surface area contributed by atoms with E-state index in [-0.39, 0.29) is 18.5 Å². The maximum Gasteiger partial charge on any atom is 0.322 e. The number of anilines is 2. The molecule has 2 aromatic rings. The van der Waals surface area contributed by atoms with Crippen molar-refractivity contribution in [1.29, 1.82) is 0 Å². The zero-order chi connectivity index (χ0) is 20.6. The third kappa shape index (κ3) is 6.07. The zero-order valence-electron chi connectivity index (χ0n) is 17.2. The van der Waals surface area contributed by atoms with Gasteiger partial charge in [0.15, 0.2) is 5.82 Å². The molecule has 1 heterocycles. The van der Waals surface area contributed by atoms with E-state index in [1.165, 1.54) is 19.3 Å². The Kier molecular flexibility index (Phi) is 7.27. The van der Waals surface area contributed by atoms with E-state index in [9.17, 15) is 9.59 Å². The molecule has 0 unspecified atom stereocenters. The van der Waals surface area contributed by atoms with Crippen LogP contribution in [-0.2, 0) is 11.2 Å². The first-order chi connectivity index (χ1) is 14.0. The molecule has 1 aromatic carbocycles. The van der Waals surface area contributed by atoms with Gasteiger partial charge < -0.3 is 20.1 Å². The Bertz CT molecular complexity index is 827. The predicted octanol–water partition coefficient (Wildman–Crippen LogP) is 4.60. The lowest BCUT2D eigenvalue weighted by Gasteiger charge is -2.29. The highest BCUT2D eigenvalue weighted by atomic mass is 16.5. The first-order valence-corrected chi connectivity index (χ1v) is 10.4. The summed E-state index contributed by atoms with van der Waals surface area (Å²) in [5.41, 5.74) is 1.86. The Morgan fingerprint density at radius 2 is 1.93 bits per heavy atom. The van der Waals surface area contributed by atoms with Gasteiger partial charge in [0.1, 0.15) is 12.3 Å². The SMILES string of the molecule is CCc1ccccc1NC(=O)N(CC(=O)Nc1cc(C)on1)CC1CCCCC1. The van der Waals surface area contributed by atoms with Crippen LogP contribution in [0, 0.1) is 12.8 Å². The van der Waals surface area contributed by atoms with Gasteiger partial charge in [-0.15, -0.1) is 0 Å². The van der Waals surface area contributed by atoms with Crippen LogP contribution in [0.25, 0.3) is 0 Å². The Morgan fingerprint density at radius 3 is 2.62 bits per heavy atom. The molecule has 7 nitrogen and oxygen atoms in total. The van der Waals surface area contributed by atoms with Crippen molar-refractivity contribution in [2.75, 3.05) is 23.7 Å². The minimum atomic E-state index is -0.284. The minimum absolute atomic E-state index is 0.0253. The van der Waals surface area contributed by atoms with Gasteiger partial charge in [-0.2, -0.15) is 0 Å². The quantitative estimate of drug-likeness (QED) is 0.714. The topological polar surface area (TPSA) is 87.5 Å². The van der Waals surface area contributed by atoms with Crippen molar-refractivity contribution in [3.8, 4) is 0 Å². The van der Waals surface area contributed by atoms with Crippen LogP contribution in [0.1, 0.15) is 50.4 Å². The molecule has 0 spiro atoms. The van der Waals surface area contributed by atoms with E-state index >= 15 is 0 Å². The van der Waals surface area contributed by atoms with Crippen LogP contribution in [-0.4, -0.2) is 35.1 Å². The van der Waals surface area contributed by atoms with Crippen LogP contribution in [0.15, 0.2) is 34.9 Å². The molecular weight excluding hydrogens is 368 g/mol. The van der Waals surface area contributed by atoms with Crippen molar-refractivity contribution in [2.45, 2.75) is 52.4 Å². The number of carbonyl (C=O) groups excluding carboxylic acids is 2. The van der Waals surface area contributed by atoms with E-state index in [1.807, 2.05) is 24.3 Å². The number of aromatic nitrogens is 1. The van der Waals surface area contributed by atoms with E-state index in [2.05, 4.69) is 22.7 Å². The van der Waals surface area contributed by atoms with E-state index < -0.39 is 0 Å². The van der Waals surface area contributed by atoms with Crippen LogP contribution >= 0.6 is 0 Å². The van der Waals surface area contributed by atoms with E-state index in [0.29, 0.717) is 24.0 Å². The highest BCUT2D eigenvalue weighted by Crippen LogP contribution is 2.25. The number of urea groups is 1. The largest absolute Gasteiger partial charge is 0.360 e. The molecule has 1 aliphatic carbocycles. The Hall–Kier alpha value is -2.83. The number of hydrogen-bond donors (Lipinski definition) is 2. The summed E-state index contributed by atoms with van der Waals surface area (Å²) in [6, 6.07) is 9.17. The summed E-state index contributed by atoms with van der Waals surface area (Å²) in [5.74, 6) is 1.13. The second kappa shape index (κ2) is 10.1. The molecule has 0 radical (unpaired) electrons. The predicted molar refractivity (Wildman–Crippen MR) is 113 cm³/mol. The molecule has 0 aliphatic heterocycles. The summed E-state index contributed by atoms with van der Waals surface area (Å²) in [4.78, 5) is 27.2. The molecule has 29 heavy (non-hydrogen) atoms. The molecule has 1 aromatic heterocycles. The molecule has 7 heteroatoms. The van der Waals surface area contributed by atoms with E-state index in [1.54, 1.807) is 17.9 Å². The van der Waals surface area contributed by atoms with Gasteiger partial charge in [0.25, 0.3) is 0 Å². The molecule has 1 aliphatic rings. The van der Waals surface area contributed by atoms with Crippen molar-refractivity contribution >= 4 is 23.4 Å². The second-order valence-electron chi connectivity index (χ2n) is 7.70. The number of benzene rings is 1. The van der Waals surface area contributed by atoms with Gasteiger partial charge >= 0.3 is 6.03 Å². The van der Waals surface area contributed by atoms with Gasteiger partial charge in [-0.3, -0.25) is 4.79 Å². The van der Waals surface area contributed by atoms with Gasteiger partial charge in [-0.25, -0.2) is 4.79 Å². The van der Waals surface area contributed by atoms with Gasteiger partial charge in [0.05, 0.1) is 0 Å². The second-order valence-corrected chi connectivity index (χ2v) is 7.70. The van der Waals surface area contributed by atoms with E-state index in [0.717, 1.165) is 30.5 Å². The summed E-state index contributed by atoms with van der Waals surface area (Å²) in [7, 11) is 0. The first kappa shape index (κ1) is 20.9. The number of nitrogens with one attached hydrogen (secondary N) is 2. The zero-order valence-corrected chi connectivity index (χ0v) is 17.2. The van der Waals surface area contributed by atoms with Crippen molar-refractivity contribution in [1.82, 2.24) is 10.1 Å². The van der Waals surface area contributed by atoms with Gasteiger partial charge in [-0.1, -0.05) is 49.5 Å². The monoisotopic (exact) mass is 398 g/mol. The van der Waals surface area contributed by atoms with Gasteiger partial charge in [-0.05, 0) is 43.7 Å². The number of aryl methyl sites for hydroxylation is 2. The third-order valence-electron chi connectivity index (χ3n) is 5.36. The number of carbonyl (C=O) groups is 2. The fourth-order valence-corrected chi connectivity index (χ4v) is 3.83. The van der Waals surface area contributed by atoms with Crippen molar-refractivity contribution in [2.24, 2.45) is 5.92 Å². The minimum Gasteiger partial charge on any atom is -0.360 e. The summed E-state index contributed by atoms with van der Waals surface area (Å²) in [6.45, 7) is 4.36. The van der Waals surface area contributed by atoms with E-state index in [4.69, 9.17) is 4.52 Å². The lowest BCUT2D eigenvalue weighted by atomic mass is 9.89. The number of para-hydroxylation sites is 1. The summed E-state index contributed by atoms with van der Waals surface area (Å²) >= 11 is 0. The molecule has 156 valence electrons. The van der Waals surface area contributed by atoms with Crippen LogP contribution in [0.5, 0.6) is 0 Å². The fourth-order valence-electron chi connectivity index (χ4n) is 3.83. The summed E-state index contributed by atoms with van der Waals surface area (Å²) in [6.07, 6.45) is 6.63. The van der Waals surface area contributed by atoms with Crippen molar-refractivity contribution in [3.63, 3.8) is 0 Å². The first-order valence-electron chi connectivity index (χ1n) is 10.4. The molecule has 2 N–H and O–H groups in total. The van der Waals surface area contributed by atoms with Crippen LogP contribution in [0.2, 0.25) is 0 Å². The van der Waals surface area contributed by atoms with Gasteiger partial charge in [0.2, 0.25) is 5.91 Å². The molecule has 0 atom stereocenters. The van der Waals surface area contributed by atoms with Gasteiger partial charge in [0, 0.05) is 18.3 Å². The number of hydrogen-bond acceptors (Lipinski definition) is 4. The number of nitrogens with zero attached hydrogens (tertiary/aromatic N) is 2. The highest BCUT2D eigenvalue weighted by Gasteiger charge is 2.24. The number of rotatable bonds is 7. The molecule has 1 fully saturated rings. The lowest BCUT2D eigenvalue weighted by molar-refractivity contribution is -0.116. The van der Waals surface area contributed by atoms with Crippen LogP contribution in [0.4, 0.5) is 16.3 Å². The normalized spacial score (nSPS) is 14.4. The molecule has 1 saturated carbocycles. The molecule has 3 amide bonds. The maximum atomic E-state index is 13.0. The lowest BCUT2D eigenvalue weighted by Crippen LogP contribution is -2.43. The van der Waals surface area contributed by atoms with Crippen molar-refractivity contribution in [3.05, 3.63) is 41.7 Å². The van der Waals surface area contributed by atoms with Crippen LogP contribution in [0.3, 0.4) is 0 Å². The molecule has 3 rings (SSSR count). The van der Waals surface area contributed by atoms with Crippen molar-refractivity contribution < 1.29 is 14.1 Å².